The number of benzene rings is 3. The average molecular weight is 431 g/mol. The molecule has 3 aromatic rings. The number of rotatable bonds is 7. The Balaban J connectivity index is 1.44. The number of carbonyl (C=O) groups excluding carboxylic acids is 1. The van der Waals surface area contributed by atoms with Gasteiger partial charge in [0.05, 0.1) is 5.92 Å². The minimum absolute atomic E-state index is 0.0159. The van der Waals surface area contributed by atoms with Crippen LogP contribution in [0.4, 0.5) is 0 Å². The highest BCUT2D eigenvalue weighted by Gasteiger charge is 2.19. The molecule has 166 valence electrons. The fraction of sp³-hybridized carbons (Fsp3) is 0.296. The van der Waals surface area contributed by atoms with E-state index in [0.717, 1.165) is 34.5 Å². The van der Waals surface area contributed by atoms with E-state index >= 15 is 0 Å². The lowest BCUT2D eigenvalue weighted by Crippen LogP contribution is -2.28. The van der Waals surface area contributed by atoms with E-state index in [1.807, 2.05) is 37.3 Å². The number of nitrogens with one attached hydrogen (secondary N) is 1. The van der Waals surface area contributed by atoms with Crippen molar-refractivity contribution in [1.29, 1.82) is 0 Å². The van der Waals surface area contributed by atoms with Crippen LogP contribution in [-0.4, -0.2) is 38.1 Å². The Kier molecular flexibility index (Phi) is 6.76. The molecule has 0 aromatic heterocycles. The van der Waals surface area contributed by atoms with Crippen LogP contribution in [0.15, 0.2) is 66.7 Å². The van der Waals surface area contributed by atoms with Crippen LogP contribution in [0.1, 0.15) is 29.5 Å². The second-order valence-corrected chi connectivity index (χ2v) is 8.43. The predicted octanol–water partition coefficient (Wildman–Crippen LogP) is 4.61. The first-order chi connectivity index (χ1) is 15.5. The monoisotopic (exact) mass is 430 g/mol. The second-order valence-electron chi connectivity index (χ2n) is 8.43. The summed E-state index contributed by atoms with van der Waals surface area (Å²) in [4.78, 5) is 15.0. The number of hydrogen-bond donors (Lipinski definition) is 1. The lowest BCUT2D eigenvalue weighted by atomic mass is 9.97. The molecule has 0 bridgehead atoms. The minimum Gasteiger partial charge on any atom is -0.486 e. The van der Waals surface area contributed by atoms with Crippen molar-refractivity contribution in [2.45, 2.75) is 25.9 Å². The van der Waals surface area contributed by atoms with Gasteiger partial charge in [0.25, 0.3) is 0 Å². The molecular weight excluding hydrogens is 400 g/mol. The van der Waals surface area contributed by atoms with Gasteiger partial charge in [0.1, 0.15) is 13.2 Å². The Morgan fingerprint density at radius 2 is 1.69 bits per heavy atom. The van der Waals surface area contributed by atoms with Crippen LogP contribution in [-0.2, 0) is 17.9 Å². The molecule has 0 saturated carbocycles. The number of amides is 1. The van der Waals surface area contributed by atoms with Gasteiger partial charge in [0, 0.05) is 13.1 Å². The van der Waals surface area contributed by atoms with Crippen LogP contribution in [0, 0.1) is 0 Å². The second kappa shape index (κ2) is 9.88. The largest absolute Gasteiger partial charge is 0.486 e. The minimum atomic E-state index is -0.289. The highest BCUT2D eigenvalue weighted by Crippen LogP contribution is 2.33. The van der Waals surface area contributed by atoms with Crippen molar-refractivity contribution in [2.24, 2.45) is 0 Å². The molecular formula is C27H30N2O3. The van der Waals surface area contributed by atoms with Gasteiger partial charge < -0.3 is 19.7 Å². The Morgan fingerprint density at radius 3 is 2.44 bits per heavy atom. The van der Waals surface area contributed by atoms with Gasteiger partial charge in [-0.2, -0.15) is 0 Å². The number of carbonyl (C=O) groups is 1. The van der Waals surface area contributed by atoms with Crippen LogP contribution in [0.2, 0.25) is 0 Å². The molecule has 0 radical (unpaired) electrons. The van der Waals surface area contributed by atoms with E-state index < -0.39 is 0 Å². The molecule has 1 unspecified atom stereocenters. The third-order valence-corrected chi connectivity index (χ3v) is 5.69. The van der Waals surface area contributed by atoms with Crippen molar-refractivity contribution in [3.05, 3.63) is 83.4 Å². The summed E-state index contributed by atoms with van der Waals surface area (Å²) < 4.78 is 11.2. The molecule has 0 saturated heterocycles. The zero-order valence-corrected chi connectivity index (χ0v) is 18.9. The molecule has 0 spiro atoms. The Labute approximate surface area is 190 Å². The number of ether oxygens (including phenoxy) is 2. The SMILES string of the molecule is CC(C(=O)NCc1ccccc1-c1ccc(CN(C)C)cc1)c1ccc2c(c1)OCCO2. The van der Waals surface area contributed by atoms with Crippen LogP contribution in [0.3, 0.4) is 0 Å². The van der Waals surface area contributed by atoms with Gasteiger partial charge in [-0.1, -0.05) is 54.6 Å². The van der Waals surface area contributed by atoms with Crippen LogP contribution >= 0.6 is 0 Å². The standard InChI is InChI=1S/C27H30N2O3/c1-19(22-12-13-25-26(16-22)32-15-14-31-25)27(30)28-17-23-6-4-5-7-24(23)21-10-8-20(9-11-21)18-29(2)3/h4-13,16,19H,14-15,17-18H2,1-3H3,(H,28,30). The summed E-state index contributed by atoms with van der Waals surface area (Å²) in [5.41, 5.74) is 5.57. The Morgan fingerprint density at radius 1 is 0.969 bits per heavy atom. The van der Waals surface area contributed by atoms with Crippen LogP contribution < -0.4 is 14.8 Å². The molecule has 0 fully saturated rings. The van der Waals surface area contributed by atoms with Crippen molar-refractivity contribution in [3.63, 3.8) is 0 Å². The van der Waals surface area contributed by atoms with E-state index in [1.165, 1.54) is 5.56 Å². The maximum absolute atomic E-state index is 12.9. The summed E-state index contributed by atoms with van der Waals surface area (Å²) in [6.07, 6.45) is 0. The summed E-state index contributed by atoms with van der Waals surface area (Å²) in [6, 6.07) is 22.6. The molecule has 5 heteroatoms. The van der Waals surface area contributed by atoms with E-state index in [2.05, 4.69) is 60.7 Å². The summed E-state index contributed by atoms with van der Waals surface area (Å²) in [7, 11) is 4.13. The molecule has 1 amide bonds. The van der Waals surface area contributed by atoms with E-state index in [9.17, 15) is 4.79 Å². The molecule has 32 heavy (non-hydrogen) atoms. The molecule has 1 aliphatic rings. The molecule has 1 atom stereocenters. The summed E-state index contributed by atoms with van der Waals surface area (Å²) in [6.45, 7) is 4.39. The van der Waals surface area contributed by atoms with Gasteiger partial charge in [-0.15, -0.1) is 0 Å². The van der Waals surface area contributed by atoms with E-state index in [-0.39, 0.29) is 11.8 Å². The van der Waals surface area contributed by atoms with E-state index in [4.69, 9.17) is 9.47 Å². The van der Waals surface area contributed by atoms with Crippen LogP contribution in [0.5, 0.6) is 11.5 Å². The number of hydrogen-bond acceptors (Lipinski definition) is 4. The quantitative estimate of drug-likeness (QED) is 0.595. The van der Waals surface area contributed by atoms with Gasteiger partial charge in [0.15, 0.2) is 11.5 Å². The van der Waals surface area contributed by atoms with Gasteiger partial charge in [-0.3, -0.25) is 4.79 Å². The fourth-order valence-electron chi connectivity index (χ4n) is 3.93. The molecule has 3 aromatic carbocycles. The first-order valence-electron chi connectivity index (χ1n) is 11.0. The van der Waals surface area contributed by atoms with Gasteiger partial charge in [-0.05, 0) is 61.0 Å². The Bertz CT molecular complexity index is 1080. The Hall–Kier alpha value is -3.31. The smallest absolute Gasteiger partial charge is 0.227 e. The molecule has 1 aliphatic heterocycles. The third-order valence-electron chi connectivity index (χ3n) is 5.69. The molecule has 1 heterocycles. The number of nitrogens with zero attached hydrogens (tertiary/aromatic N) is 1. The highest BCUT2D eigenvalue weighted by molar-refractivity contribution is 5.83. The molecule has 4 rings (SSSR count). The summed E-state index contributed by atoms with van der Waals surface area (Å²) >= 11 is 0. The van der Waals surface area contributed by atoms with Crippen molar-refractivity contribution < 1.29 is 14.3 Å². The van der Waals surface area contributed by atoms with Gasteiger partial charge >= 0.3 is 0 Å². The molecule has 0 aliphatic carbocycles. The first kappa shape index (κ1) is 21.9. The third kappa shape index (κ3) is 5.11. The topological polar surface area (TPSA) is 50.8 Å². The normalized spacial score (nSPS) is 13.6. The highest BCUT2D eigenvalue weighted by atomic mass is 16.6. The van der Waals surface area contributed by atoms with E-state index in [0.29, 0.717) is 25.5 Å². The van der Waals surface area contributed by atoms with Gasteiger partial charge in [-0.25, -0.2) is 0 Å². The maximum Gasteiger partial charge on any atom is 0.227 e. The zero-order valence-electron chi connectivity index (χ0n) is 18.9. The maximum atomic E-state index is 12.9. The average Bonchev–Trinajstić information content (AvgIpc) is 2.82. The molecule has 1 N–H and O–H groups in total. The first-order valence-corrected chi connectivity index (χ1v) is 11.0. The zero-order chi connectivity index (χ0) is 22.5. The van der Waals surface area contributed by atoms with Crippen molar-refractivity contribution in [2.75, 3.05) is 27.3 Å². The van der Waals surface area contributed by atoms with Crippen molar-refractivity contribution >= 4 is 5.91 Å². The predicted molar refractivity (Wildman–Crippen MR) is 127 cm³/mol. The fourth-order valence-corrected chi connectivity index (χ4v) is 3.93. The summed E-state index contributed by atoms with van der Waals surface area (Å²) in [5.74, 6) is 1.13. The van der Waals surface area contributed by atoms with E-state index in [1.54, 1.807) is 0 Å². The van der Waals surface area contributed by atoms with Crippen molar-refractivity contribution in [3.8, 4) is 22.6 Å². The van der Waals surface area contributed by atoms with Gasteiger partial charge in [0.2, 0.25) is 5.91 Å². The van der Waals surface area contributed by atoms with Crippen molar-refractivity contribution in [1.82, 2.24) is 10.2 Å². The lowest BCUT2D eigenvalue weighted by Gasteiger charge is -2.20. The molecule has 5 nitrogen and oxygen atoms in total. The number of fused-ring (bicyclic) bond motifs is 1. The lowest BCUT2D eigenvalue weighted by molar-refractivity contribution is -0.122. The summed E-state index contributed by atoms with van der Waals surface area (Å²) in [5, 5.41) is 3.11. The van der Waals surface area contributed by atoms with Crippen LogP contribution in [0.25, 0.3) is 11.1 Å².